The normalized spacial score (nSPS) is 14.1. The van der Waals surface area contributed by atoms with Crippen LogP contribution < -0.4 is 10.2 Å². The molecule has 2 aromatic rings. The molecule has 0 spiro atoms. The third-order valence-electron chi connectivity index (χ3n) is 3.94. The Kier molecular flexibility index (Phi) is 4.32. The van der Waals surface area contributed by atoms with Crippen LogP contribution in [0.3, 0.4) is 0 Å². The Labute approximate surface area is 130 Å². The molecule has 114 valence electrons. The van der Waals surface area contributed by atoms with Crippen LogP contribution in [0.5, 0.6) is 0 Å². The number of anilines is 2. The summed E-state index contributed by atoms with van der Waals surface area (Å²) < 4.78 is 0. The standard InChI is InChI=1S/C17H20N4O/c1-2-13-5-7-14(8-6-13)20-17(22)15-11-16(19-12-18-15)21-9-3-4-10-21/h5-8,11-12H,2-4,9-10H2,1H3,(H,20,22). The Morgan fingerprint density at radius 2 is 1.91 bits per heavy atom. The molecule has 3 rings (SSSR count). The number of aromatic nitrogens is 2. The number of rotatable bonds is 4. The lowest BCUT2D eigenvalue weighted by Gasteiger charge is -2.16. The molecule has 0 bridgehead atoms. The van der Waals surface area contributed by atoms with Gasteiger partial charge in [-0.15, -0.1) is 0 Å². The van der Waals surface area contributed by atoms with E-state index in [1.807, 2.05) is 24.3 Å². The van der Waals surface area contributed by atoms with E-state index in [4.69, 9.17) is 0 Å². The van der Waals surface area contributed by atoms with Gasteiger partial charge in [0.05, 0.1) is 0 Å². The smallest absolute Gasteiger partial charge is 0.274 e. The van der Waals surface area contributed by atoms with Crippen LogP contribution in [0.15, 0.2) is 36.7 Å². The third-order valence-corrected chi connectivity index (χ3v) is 3.94. The highest BCUT2D eigenvalue weighted by Crippen LogP contribution is 2.18. The van der Waals surface area contributed by atoms with Crippen molar-refractivity contribution in [3.8, 4) is 0 Å². The van der Waals surface area contributed by atoms with E-state index in [-0.39, 0.29) is 5.91 Å². The molecule has 0 saturated carbocycles. The van der Waals surface area contributed by atoms with Crippen molar-refractivity contribution >= 4 is 17.4 Å². The summed E-state index contributed by atoms with van der Waals surface area (Å²) in [5.41, 5.74) is 2.43. The fourth-order valence-corrected chi connectivity index (χ4v) is 2.61. The van der Waals surface area contributed by atoms with E-state index in [1.54, 1.807) is 6.07 Å². The van der Waals surface area contributed by atoms with Gasteiger partial charge in [0.25, 0.3) is 5.91 Å². The summed E-state index contributed by atoms with van der Waals surface area (Å²) in [6.45, 7) is 4.10. The van der Waals surface area contributed by atoms with Crippen molar-refractivity contribution < 1.29 is 4.79 Å². The van der Waals surface area contributed by atoms with Crippen molar-refractivity contribution in [2.75, 3.05) is 23.3 Å². The van der Waals surface area contributed by atoms with Crippen LogP contribution in [-0.2, 0) is 6.42 Å². The second-order valence-corrected chi connectivity index (χ2v) is 5.46. The molecule has 0 aliphatic carbocycles. The minimum absolute atomic E-state index is 0.202. The number of hydrogen-bond acceptors (Lipinski definition) is 4. The maximum absolute atomic E-state index is 12.3. The van der Waals surface area contributed by atoms with Crippen LogP contribution in [0.25, 0.3) is 0 Å². The molecule has 0 radical (unpaired) electrons. The minimum atomic E-state index is -0.202. The highest BCUT2D eigenvalue weighted by atomic mass is 16.1. The molecule has 0 atom stereocenters. The highest BCUT2D eigenvalue weighted by molar-refractivity contribution is 6.03. The van der Waals surface area contributed by atoms with E-state index in [9.17, 15) is 4.79 Å². The number of hydrogen-bond donors (Lipinski definition) is 1. The molecule has 1 amide bonds. The summed E-state index contributed by atoms with van der Waals surface area (Å²) in [4.78, 5) is 22.9. The Morgan fingerprint density at radius 3 is 2.59 bits per heavy atom. The second kappa shape index (κ2) is 6.56. The van der Waals surface area contributed by atoms with Gasteiger partial charge in [0, 0.05) is 24.8 Å². The maximum atomic E-state index is 12.3. The quantitative estimate of drug-likeness (QED) is 0.942. The zero-order valence-corrected chi connectivity index (χ0v) is 12.7. The van der Waals surface area contributed by atoms with E-state index in [0.717, 1.165) is 31.0 Å². The van der Waals surface area contributed by atoms with Gasteiger partial charge in [-0.2, -0.15) is 0 Å². The first-order chi connectivity index (χ1) is 10.8. The summed E-state index contributed by atoms with van der Waals surface area (Å²) in [5.74, 6) is 0.631. The number of amides is 1. The van der Waals surface area contributed by atoms with Crippen molar-refractivity contribution in [2.24, 2.45) is 0 Å². The lowest BCUT2D eigenvalue weighted by atomic mass is 10.1. The van der Waals surface area contributed by atoms with Crippen molar-refractivity contribution in [1.82, 2.24) is 9.97 Å². The summed E-state index contributed by atoms with van der Waals surface area (Å²) in [6.07, 6.45) is 4.80. The van der Waals surface area contributed by atoms with E-state index in [2.05, 4.69) is 27.1 Å². The van der Waals surface area contributed by atoms with Gasteiger partial charge in [-0.3, -0.25) is 4.79 Å². The fourth-order valence-electron chi connectivity index (χ4n) is 2.61. The molecule has 1 fully saturated rings. The topological polar surface area (TPSA) is 58.1 Å². The Hall–Kier alpha value is -2.43. The molecule has 1 saturated heterocycles. The molecule has 22 heavy (non-hydrogen) atoms. The third kappa shape index (κ3) is 3.24. The summed E-state index contributed by atoms with van der Waals surface area (Å²) in [7, 11) is 0. The zero-order valence-electron chi connectivity index (χ0n) is 12.7. The number of benzene rings is 1. The van der Waals surface area contributed by atoms with Gasteiger partial charge in [-0.05, 0) is 37.0 Å². The van der Waals surface area contributed by atoms with Gasteiger partial charge >= 0.3 is 0 Å². The Bertz CT molecular complexity index is 648. The van der Waals surface area contributed by atoms with E-state index < -0.39 is 0 Å². The van der Waals surface area contributed by atoms with Gasteiger partial charge in [0.2, 0.25) is 0 Å². The highest BCUT2D eigenvalue weighted by Gasteiger charge is 2.16. The summed E-state index contributed by atoms with van der Waals surface area (Å²) in [6, 6.07) is 9.64. The van der Waals surface area contributed by atoms with Crippen LogP contribution in [0.1, 0.15) is 35.8 Å². The van der Waals surface area contributed by atoms with Crippen molar-refractivity contribution in [3.05, 3.63) is 47.9 Å². The molecule has 1 aromatic heterocycles. The molecule has 5 heteroatoms. The number of nitrogens with one attached hydrogen (secondary N) is 1. The van der Waals surface area contributed by atoms with Gasteiger partial charge < -0.3 is 10.2 Å². The molecule has 1 aliphatic rings. The fraction of sp³-hybridized carbons (Fsp3) is 0.353. The SMILES string of the molecule is CCc1ccc(NC(=O)c2cc(N3CCCC3)ncn2)cc1. The first-order valence-corrected chi connectivity index (χ1v) is 7.73. The van der Waals surface area contributed by atoms with Crippen molar-refractivity contribution in [2.45, 2.75) is 26.2 Å². The van der Waals surface area contributed by atoms with E-state index in [0.29, 0.717) is 5.69 Å². The van der Waals surface area contributed by atoms with Gasteiger partial charge in [0.1, 0.15) is 17.8 Å². The molecule has 5 nitrogen and oxygen atoms in total. The maximum Gasteiger partial charge on any atom is 0.274 e. The van der Waals surface area contributed by atoms with Crippen molar-refractivity contribution in [3.63, 3.8) is 0 Å². The van der Waals surface area contributed by atoms with Gasteiger partial charge in [0.15, 0.2) is 0 Å². The summed E-state index contributed by atoms with van der Waals surface area (Å²) >= 11 is 0. The number of aryl methyl sites for hydroxylation is 1. The van der Waals surface area contributed by atoms with Crippen LogP contribution in [0, 0.1) is 0 Å². The second-order valence-electron chi connectivity index (χ2n) is 5.46. The largest absolute Gasteiger partial charge is 0.357 e. The average Bonchev–Trinajstić information content (AvgIpc) is 3.10. The molecule has 1 aliphatic heterocycles. The number of nitrogens with zero attached hydrogens (tertiary/aromatic N) is 3. The lowest BCUT2D eigenvalue weighted by molar-refractivity contribution is 0.102. The molecule has 1 aromatic carbocycles. The Balaban J connectivity index is 1.72. The molecular weight excluding hydrogens is 276 g/mol. The first kappa shape index (κ1) is 14.5. The minimum Gasteiger partial charge on any atom is -0.357 e. The van der Waals surface area contributed by atoms with Crippen LogP contribution in [0.2, 0.25) is 0 Å². The predicted molar refractivity (Wildman–Crippen MR) is 87.3 cm³/mol. The van der Waals surface area contributed by atoms with E-state index >= 15 is 0 Å². The first-order valence-electron chi connectivity index (χ1n) is 7.73. The monoisotopic (exact) mass is 296 g/mol. The summed E-state index contributed by atoms with van der Waals surface area (Å²) in [5, 5.41) is 2.88. The van der Waals surface area contributed by atoms with Gasteiger partial charge in [-0.1, -0.05) is 19.1 Å². The van der Waals surface area contributed by atoms with Gasteiger partial charge in [-0.25, -0.2) is 9.97 Å². The van der Waals surface area contributed by atoms with E-state index in [1.165, 1.54) is 24.7 Å². The number of carbonyl (C=O) groups excluding carboxylic acids is 1. The molecule has 2 heterocycles. The lowest BCUT2D eigenvalue weighted by Crippen LogP contribution is -2.21. The predicted octanol–water partition coefficient (Wildman–Crippen LogP) is 2.89. The molecular formula is C17H20N4O. The number of carbonyl (C=O) groups is 1. The van der Waals surface area contributed by atoms with Crippen molar-refractivity contribution in [1.29, 1.82) is 0 Å². The van der Waals surface area contributed by atoms with Crippen LogP contribution >= 0.6 is 0 Å². The van der Waals surface area contributed by atoms with Crippen LogP contribution in [0.4, 0.5) is 11.5 Å². The van der Waals surface area contributed by atoms with Crippen LogP contribution in [-0.4, -0.2) is 29.0 Å². The molecule has 1 N–H and O–H groups in total. The zero-order chi connectivity index (χ0) is 15.4. The molecule has 0 unspecified atom stereocenters. The Morgan fingerprint density at radius 1 is 1.18 bits per heavy atom. The average molecular weight is 296 g/mol.